The van der Waals surface area contributed by atoms with Crippen molar-refractivity contribution in [1.29, 1.82) is 0 Å². The van der Waals surface area contributed by atoms with E-state index in [-0.39, 0.29) is 5.78 Å². The van der Waals surface area contributed by atoms with Gasteiger partial charge in [-0.2, -0.15) is 0 Å². The topological polar surface area (TPSA) is 26.3 Å². The fourth-order valence-corrected chi connectivity index (χ4v) is 4.73. The van der Waals surface area contributed by atoms with Gasteiger partial charge in [-0.3, -0.25) is 4.79 Å². The number of aryl methyl sites for hydroxylation is 1. The summed E-state index contributed by atoms with van der Waals surface area (Å²) in [5.41, 5.74) is 2.94. The van der Waals surface area contributed by atoms with Gasteiger partial charge in [-0.05, 0) is 48.2 Å². The molecule has 0 fully saturated rings. The van der Waals surface area contributed by atoms with Crippen molar-refractivity contribution in [2.75, 3.05) is 6.61 Å². The minimum absolute atomic E-state index is 0.0409. The Labute approximate surface area is 227 Å². The second-order valence-electron chi connectivity index (χ2n) is 10.5. The van der Waals surface area contributed by atoms with E-state index in [1.165, 1.54) is 102 Å². The minimum Gasteiger partial charge on any atom is -0.494 e. The zero-order valence-corrected chi connectivity index (χ0v) is 23.8. The van der Waals surface area contributed by atoms with Crippen LogP contribution in [0.1, 0.15) is 138 Å². The van der Waals surface area contributed by atoms with Crippen molar-refractivity contribution in [3.8, 4) is 5.75 Å². The number of benzene rings is 2. The molecule has 0 aromatic heterocycles. The SMILES string of the molecule is CCCCCCCCCCCCCCCCCCOc1ccc(C=CC(=O)c2cccc(CC)c2)cc1. The monoisotopic (exact) mass is 504 g/mol. The van der Waals surface area contributed by atoms with E-state index in [0.29, 0.717) is 0 Å². The molecule has 2 rings (SSSR count). The Morgan fingerprint density at radius 1 is 0.676 bits per heavy atom. The molecule has 0 amide bonds. The first-order valence-electron chi connectivity index (χ1n) is 15.3. The molecule has 0 unspecified atom stereocenters. The maximum atomic E-state index is 12.4. The molecular formula is C35H52O2. The average molecular weight is 505 g/mol. The number of rotatable bonds is 22. The van der Waals surface area contributed by atoms with E-state index in [9.17, 15) is 4.79 Å². The second-order valence-corrected chi connectivity index (χ2v) is 10.5. The lowest BCUT2D eigenvalue weighted by Crippen LogP contribution is -1.97. The van der Waals surface area contributed by atoms with E-state index in [0.717, 1.165) is 36.3 Å². The summed E-state index contributed by atoms with van der Waals surface area (Å²) in [6.45, 7) is 5.17. The summed E-state index contributed by atoms with van der Waals surface area (Å²) >= 11 is 0. The smallest absolute Gasteiger partial charge is 0.185 e. The number of unbranched alkanes of at least 4 members (excludes halogenated alkanes) is 15. The van der Waals surface area contributed by atoms with Gasteiger partial charge in [0.25, 0.3) is 0 Å². The standard InChI is InChI=1S/C35H52O2/c1-3-5-6-7-8-9-10-11-12-13-14-15-16-17-18-19-29-37-34-26-23-32(24-27-34)25-28-35(36)33-22-20-21-31(4-2)30-33/h20-28,30H,3-19,29H2,1-2H3. The van der Waals surface area contributed by atoms with Gasteiger partial charge < -0.3 is 4.74 Å². The molecule has 2 aromatic carbocycles. The summed E-state index contributed by atoms with van der Waals surface area (Å²) in [5, 5.41) is 0. The van der Waals surface area contributed by atoms with Crippen LogP contribution in [0, 0.1) is 0 Å². The van der Waals surface area contributed by atoms with Crippen molar-refractivity contribution in [1.82, 2.24) is 0 Å². The van der Waals surface area contributed by atoms with E-state index in [4.69, 9.17) is 4.74 Å². The van der Waals surface area contributed by atoms with E-state index in [1.54, 1.807) is 6.08 Å². The van der Waals surface area contributed by atoms with Crippen LogP contribution in [-0.4, -0.2) is 12.4 Å². The van der Waals surface area contributed by atoms with Crippen LogP contribution in [0.2, 0.25) is 0 Å². The van der Waals surface area contributed by atoms with Gasteiger partial charge in [0.2, 0.25) is 0 Å². The molecule has 0 aliphatic carbocycles. The van der Waals surface area contributed by atoms with Gasteiger partial charge in [-0.15, -0.1) is 0 Å². The summed E-state index contributed by atoms with van der Waals surface area (Å²) in [6, 6.07) is 15.9. The molecular weight excluding hydrogens is 452 g/mol. The van der Waals surface area contributed by atoms with Crippen LogP contribution in [0.5, 0.6) is 5.75 Å². The molecule has 0 saturated carbocycles. The number of hydrogen-bond donors (Lipinski definition) is 0. The Balaban J connectivity index is 1.44. The molecule has 0 bridgehead atoms. The lowest BCUT2D eigenvalue weighted by atomic mass is 10.0. The number of carbonyl (C=O) groups excluding carboxylic acids is 1. The van der Waals surface area contributed by atoms with Crippen molar-refractivity contribution >= 4 is 11.9 Å². The molecule has 0 spiro atoms. The van der Waals surface area contributed by atoms with Gasteiger partial charge in [-0.1, -0.05) is 147 Å². The highest BCUT2D eigenvalue weighted by atomic mass is 16.5. The van der Waals surface area contributed by atoms with E-state index < -0.39 is 0 Å². The van der Waals surface area contributed by atoms with Gasteiger partial charge in [-0.25, -0.2) is 0 Å². The molecule has 0 aliphatic heterocycles. The van der Waals surface area contributed by atoms with Crippen LogP contribution in [0.3, 0.4) is 0 Å². The van der Waals surface area contributed by atoms with E-state index in [1.807, 2.05) is 48.5 Å². The summed E-state index contributed by atoms with van der Waals surface area (Å²) in [4.78, 5) is 12.4. The van der Waals surface area contributed by atoms with E-state index in [2.05, 4.69) is 19.9 Å². The quantitative estimate of drug-likeness (QED) is 0.0905. The minimum atomic E-state index is 0.0409. The first-order chi connectivity index (χ1) is 18.2. The highest BCUT2D eigenvalue weighted by molar-refractivity contribution is 6.06. The fraction of sp³-hybridized carbons (Fsp3) is 0.571. The van der Waals surface area contributed by atoms with Crippen LogP contribution < -0.4 is 4.74 Å². The summed E-state index contributed by atoms with van der Waals surface area (Å²) in [5.74, 6) is 0.944. The average Bonchev–Trinajstić information content (AvgIpc) is 2.94. The van der Waals surface area contributed by atoms with Gasteiger partial charge in [0.1, 0.15) is 5.75 Å². The molecule has 0 saturated heterocycles. The number of ketones is 1. The van der Waals surface area contributed by atoms with E-state index >= 15 is 0 Å². The number of allylic oxidation sites excluding steroid dienone is 1. The molecule has 0 aliphatic rings. The van der Waals surface area contributed by atoms with Crippen LogP contribution in [0.4, 0.5) is 0 Å². The van der Waals surface area contributed by atoms with Gasteiger partial charge in [0, 0.05) is 5.56 Å². The molecule has 2 heteroatoms. The third kappa shape index (κ3) is 14.8. The maximum Gasteiger partial charge on any atom is 0.185 e. The third-order valence-electron chi connectivity index (χ3n) is 7.19. The number of carbonyl (C=O) groups is 1. The first-order valence-corrected chi connectivity index (χ1v) is 15.3. The van der Waals surface area contributed by atoms with Crippen molar-refractivity contribution < 1.29 is 9.53 Å². The zero-order valence-electron chi connectivity index (χ0n) is 23.8. The maximum absolute atomic E-state index is 12.4. The molecule has 2 aromatic rings. The molecule has 0 atom stereocenters. The Morgan fingerprint density at radius 2 is 1.22 bits per heavy atom. The van der Waals surface area contributed by atoms with Crippen molar-refractivity contribution in [2.45, 2.75) is 123 Å². The Morgan fingerprint density at radius 3 is 1.76 bits per heavy atom. The lowest BCUT2D eigenvalue weighted by molar-refractivity contribution is 0.104. The van der Waals surface area contributed by atoms with Gasteiger partial charge >= 0.3 is 0 Å². The summed E-state index contributed by atoms with van der Waals surface area (Å²) < 4.78 is 5.91. The third-order valence-corrected chi connectivity index (χ3v) is 7.19. The lowest BCUT2D eigenvalue weighted by Gasteiger charge is -2.07. The predicted molar refractivity (Wildman–Crippen MR) is 161 cm³/mol. The number of ether oxygens (including phenoxy) is 1. The first kappa shape index (κ1) is 30.9. The molecule has 0 N–H and O–H groups in total. The van der Waals surface area contributed by atoms with Crippen LogP contribution in [0.25, 0.3) is 6.08 Å². The molecule has 37 heavy (non-hydrogen) atoms. The number of hydrogen-bond acceptors (Lipinski definition) is 2. The summed E-state index contributed by atoms with van der Waals surface area (Å²) in [6.07, 6.45) is 26.6. The molecule has 0 heterocycles. The van der Waals surface area contributed by atoms with Crippen molar-refractivity contribution in [2.24, 2.45) is 0 Å². The normalized spacial score (nSPS) is 11.3. The predicted octanol–water partition coefficient (Wildman–Crippen LogP) is 10.8. The molecule has 2 nitrogen and oxygen atoms in total. The fourth-order valence-electron chi connectivity index (χ4n) is 4.73. The van der Waals surface area contributed by atoms with Crippen molar-refractivity contribution in [3.63, 3.8) is 0 Å². The largest absolute Gasteiger partial charge is 0.494 e. The highest BCUT2D eigenvalue weighted by Crippen LogP contribution is 2.16. The van der Waals surface area contributed by atoms with Gasteiger partial charge in [0.05, 0.1) is 6.61 Å². The highest BCUT2D eigenvalue weighted by Gasteiger charge is 2.02. The van der Waals surface area contributed by atoms with Crippen LogP contribution >= 0.6 is 0 Å². The molecule has 0 radical (unpaired) electrons. The summed E-state index contributed by atoms with van der Waals surface area (Å²) in [7, 11) is 0. The molecule has 204 valence electrons. The zero-order chi connectivity index (χ0) is 26.4. The van der Waals surface area contributed by atoms with Crippen LogP contribution in [-0.2, 0) is 6.42 Å². The Bertz CT molecular complexity index is 865. The Hall–Kier alpha value is -2.35. The van der Waals surface area contributed by atoms with Crippen LogP contribution in [0.15, 0.2) is 54.6 Å². The second kappa shape index (κ2) is 20.7. The van der Waals surface area contributed by atoms with Gasteiger partial charge in [0.15, 0.2) is 5.78 Å². The van der Waals surface area contributed by atoms with Crippen molar-refractivity contribution in [3.05, 3.63) is 71.3 Å². The Kier molecular flexibility index (Phi) is 17.3.